The molecule has 0 aromatic rings. The minimum atomic E-state index is 0.0613. The van der Waals surface area contributed by atoms with E-state index in [4.69, 9.17) is 0 Å². The molecule has 14 heavy (non-hydrogen) atoms. The van der Waals surface area contributed by atoms with Gasteiger partial charge in [-0.2, -0.15) is 0 Å². The number of likely N-dealkylation sites (tertiary alicyclic amines) is 1. The highest BCUT2D eigenvalue weighted by Crippen LogP contribution is 2.22. The minimum Gasteiger partial charge on any atom is -0.339 e. The van der Waals surface area contributed by atoms with Crippen LogP contribution in [0.1, 0.15) is 20.3 Å². The number of likely N-dealkylation sites (N-methyl/N-ethyl adjacent to an activating group) is 1. The van der Waals surface area contributed by atoms with Crippen molar-refractivity contribution < 1.29 is 4.79 Å². The number of amides is 1. The predicted molar refractivity (Wildman–Crippen MR) is 58.9 cm³/mol. The van der Waals surface area contributed by atoms with Gasteiger partial charge in [0.2, 0.25) is 0 Å². The van der Waals surface area contributed by atoms with Gasteiger partial charge in [-0.25, -0.2) is 0 Å². The van der Waals surface area contributed by atoms with Crippen molar-refractivity contribution in [2.45, 2.75) is 20.3 Å². The summed E-state index contributed by atoms with van der Waals surface area (Å²) < 4.78 is 0. The van der Waals surface area contributed by atoms with Gasteiger partial charge < -0.3 is 4.90 Å². The SMILES string of the molecule is C=C(C)/C=C1/CCN(CC)C(=O)C1=C. The molecule has 0 aromatic carbocycles. The van der Waals surface area contributed by atoms with Gasteiger partial charge in [0.1, 0.15) is 0 Å². The van der Waals surface area contributed by atoms with E-state index in [1.807, 2.05) is 24.8 Å². The maximum Gasteiger partial charge on any atom is 0.253 e. The molecule has 0 unspecified atom stereocenters. The summed E-state index contributed by atoms with van der Waals surface area (Å²) >= 11 is 0. The van der Waals surface area contributed by atoms with E-state index in [9.17, 15) is 4.79 Å². The Morgan fingerprint density at radius 1 is 1.64 bits per heavy atom. The molecule has 1 rings (SSSR count). The van der Waals surface area contributed by atoms with Crippen molar-refractivity contribution in [3.8, 4) is 0 Å². The van der Waals surface area contributed by atoms with Gasteiger partial charge in [0.25, 0.3) is 5.91 Å². The van der Waals surface area contributed by atoms with E-state index in [2.05, 4.69) is 13.2 Å². The van der Waals surface area contributed by atoms with Crippen LogP contribution in [0.25, 0.3) is 0 Å². The average molecular weight is 191 g/mol. The van der Waals surface area contributed by atoms with Gasteiger partial charge >= 0.3 is 0 Å². The molecule has 0 aromatic heterocycles. The fraction of sp³-hybridized carbons (Fsp3) is 0.417. The molecule has 0 saturated carbocycles. The number of allylic oxidation sites excluding steroid dienone is 2. The van der Waals surface area contributed by atoms with Crippen molar-refractivity contribution in [1.29, 1.82) is 0 Å². The summed E-state index contributed by atoms with van der Waals surface area (Å²) in [6.07, 6.45) is 2.85. The van der Waals surface area contributed by atoms with Gasteiger partial charge in [0.15, 0.2) is 0 Å². The first-order valence-corrected chi connectivity index (χ1v) is 4.91. The second-order valence-electron chi connectivity index (χ2n) is 3.63. The Labute approximate surface area is 85.6 Å². The van der Waals surface area contributed by atoms with Gasteiger partial charge in [0.05, 0.1) is 0 Å². The summed E-state index contributed by atoms with van der Waals surface area (Å²) in [5.41, 5.74) is 2.63. The maximum atomic E-state index is 11.7. The molecule has 2 heteroatoms. The zero-order valence-corrected chi connectivity index (χ0v) is 8.97. The number of rotatable bonds is 2. The fourth-order valence-corrected chi connectivity index (χ4v) is 1.59. The molecular weight excluding hydrogens is 174 g/mol. The lowest BCUT2D eigenvalue weighted by atomic mass is 9.97. The lowest BCUT2D eigenvalue weighted by Gasteiger charge is -2.28. The van der Waals surface area contributed by atoms with E-state index in [0.717, 1.165) is 30.7 Å². The number of hydrogen-bond donors (Lipinski definition) is 0. The molecule has 1 saturated heterocycles. The van der Waals surface area contributed by atoms with Crippen LogP contribution in [-0.2, 0) is 4.79 Å². The minimum absolute atomic E-state index is 0.0613. The number of carbonyl (C=O) groups excluding carboxylic acids is 1. The summed E-state index contributed by atoms with van der Waals surface area (Å²) in [4.78, 5) is 13.5. The lowest BCUT2D eigenvalue weighted by Crippen LogP contribution is -2.37. The Hall–Kier alpha value is -1.31. The smallest absolute Gasteiger partial charge is 0.253 e. The molecule has 1 aliphatic heterocycles. The lowest BCUT2D eigenvalue weighted by molar-refractivity contribution is -0.127. The number of hydrogen-bond acceptors (Lipinski definition) is 1. The molecule has 1 amide bonds. The van der Waals surface area contributed by atoms with Crippen molar-refractivity contribution in [3.05, 3.63) is 36.0 Å². The summed E-state index contributed by atoms with van der Waals surface area (Å²) in [6.45, 7) is 13.1. The number of nitrogens with zero attached hydrogens (tertiary/aromatic N) is 1. The number of piperidine rings is 1. The van der Waals surface area contributed by atoms with Crippen LogP contribution in [-0.4, -0.2) is 23.9 Å². The molecule has 76 valence electrons. The van der Waals surface area contributed by atoms with E-state index in [-0.39, 0.29) is 5.91 Å². The topological polar surface area (TPSA) is 20.3 Å². The van der Waals surface area contributed by atoms with Crippen LogP contribution in [0.4, 0.5) is 0 Å². The van der Waals surface area contributed by atoms with Crippen molar-refractivity contribution in [2.24, 2.45) is 0 Å². The Morgan fingerprint density at radius 2 is 2.29 bits per heavy atom. The first-order valence-electron chi connectivity index (χ1n) is 4.91. The first-order chi connectivity index (χ1) is 6.56. The molecule has 0 bridgehead atoms. The molecular formula is C12H17NO. The van der Waals surface area contributed by atoms with Gasteiger partial charge in [-0.05, 0) is 25.8 Å². The summed E-state index contributed by atoms with van der Waals surface area (Å²) in [5.74, 6) is 0.0613. The Balaban J connectivity index is 2.84. The molecule has 0 spiro atoms. The highest BCUT2D eigenvalue weighted by atomic mass is 16.2. The standard InChI is InChI=1S/C12H17NO/c1-5-13-7-6-11(8-9(2)3)10(4)12(13)14/h8H,2,4-7H2,1,3H3/b11-8-. The van der Waals surface area contributed by atoms with Gasteiger partial charge in [-0.3, -0.25) is 4.79 Å². The van der Waals surface area contributed by atoms with Gasteiger partial charge in [-0.1, -0.05) is 24.8 Å². The second kappa shape index (κ2) is 4.27. The molecule has 2 nitrogen and oxygen atoms in total. The van der Waals surface area contributed by atoms with Crippen molar-refractivity contribution in [1.82, 2.24) is 4.90 Å². The van der Waals surface area contributed by atoms with E-state index in [0.29, 0.717) is 5.57 Å². The van der Waals surface area contributed by atoms with E-state index in [1.54, 1.807) is 0 Å². The highest BCUT2D eigenvalue weighted by molar-refractivity contribution is 5.98. The zero-order valence-electron chi connectivity index (χ0n) is 8.97. The average Bonchev–Trinajstić information content (AvgIpc) is 2.13. The predicted octanol–water partition coefficient (Wildman–Crippen LogP) is 2.30. The number of carbonyl (C=O) groups is 1. The Bertz CT molecular complexity index is 312. The van der Waals surface area contributed by atoms with E-state index >= 15 is 0 Å². The highest BCUT2D eigenvalue weighted by Gasteiger charge is 2.23. The quantitative estimate of drug-likeness (QED) is 0.613. The van der Waals surface area contributed by atoms with Gasteiger partial charge in [0, 0.05) is 18.7 Å². The summed E-state index contributed by atoms with van der Waals surface area (Å²) in [6, 6.07) is 0. The monoisotopic (exact) mass is 191 g/mol. The van der Waals surface area contributed by atoms with Crippen LogP contribution in [0.15, 0.2) is 36.0 Å². The van der Waals surface area contributed by atoms with Crippen molar-refractivity contribution >= 4 is 5.91 Å². The first kappa shape index (κ1) is 10.8. The van der Waals surface area contributed by atoms with Crippen LogP contribution < -0.4 is 0 Å². The van der Waals surface area contributed by atoms with Crippen molar-refractivity contribution in [3.63, 3.8) is 0 Å². The molecule has 1 fully saturated rings. The zero-order chi connectivity index (χ0) is 10.7. The molecule has 1 aliphatic rings. The van der Waals surface area contributed by atoms with Crippen molar-refractivity contribution in [2.75, 3.05) is 13.1 Å². The molecule has 1 heterocycles. The molecule has 0 radical (unpaired) electrons. The summed E-state index contributed by atoms with van der Waals surface area (Å²) in [7, 11) is 0. The molecule has 0 N–H and O–H groups in total. The molecule has 0 atom stereocenters. The maximum absolute atomic E-state index is 11.7. The van der Waals surface area contributed by atoms with Crippen LogP contribution in [0.3, 0.4) is 0 Å². The summed E-state index contributed by atoms with van der Waals surface area (Å²) in [5, 5.41) is 0. The van der Waals surface area contributed by atoms with E-state index < -0.39 is 0 Å². The third-order valence-corrected chi connectivity index (χ3v) is 2.39. The normalized spacial score (nSPS) is 20.4. The van der Waals surface area contributed by atoms with Crippen LogP contribution in [0, 0.1) is 0 Å². The largest absolute Gasteiger partial charge is 0.339 e. The third-order valence-electron chi connectivity index (χ3n) is 2.39. The van der Waals surface area contributed by atoms with Crippen LogP contribution in [0.2, 0.25) is 0 Å². The second-order valence-corrected chi connectivity index (χ2v) is 3.63. The third kappa shape index (κ3) is 2.13. The van der Waals surface area contributed by atoms with Crippen LogP contribution in [0.5, 0.6) is 0 Å². The Kier molecular flexibility index (Phi) is 3.28. The van der Waals surface area contributed by atoms with Crippen LogP contribution >= 0.6 is 0 Å². The molecule has 0 aliphatic carbocycles. The van der Waals surface area contributed by atoms with Gasteiger partial charge in [-0.15, -0.1) is 0 Å². The fourth-order valence-electron chi connectivity index (χ4n) is 1.59. The van der Waals surface area contributed by atoms with E-state index in [1.165, 1.54) is 0 Å². The Morgan fingerprint density at radius 3 is 2.79 bits per heavy atom.